The van der Waals surface area contributed by atoms with Crippen LogP contribution in [0.1, 0.15) is 18.1 Å². The molecule has 0 spiro atoms. The molecule has 1 N–H and O–H groups in total. The van der Waals surface area contributed by atoms with Crippen LogP contribution in [-0.4, -0.2) is 51.0 Å². The lowest BCUT2D eigenvalue weighted by Gasteiger charge is -2.31. The van der Waals surface area contributed by atoms with Gasteiger partial charge in [-0.05, 0) is 47.5 Å². The quantitative estimate of drug-likeness (QED) is 0.609. The number of hydrogen-bond acceptors (Lipinski definition) is 4. The molecule has 162 valence electrons. The first-order valence-electron chi connectivity index (χ1n) is 9.33. The maximum Gasteiger partial charge on any atom is 0.244 e. The number of nitrogens with zero attached hydrogens (tertiary/aromatic N) is 2. The molecule has 0 aromatic heterocycles. The fraction of sp³-hybridized carbons (Fsp3) is 0.333. The third-order valence-corrected chi connectivity index (χ3v) is 6.48. The summed E-state index contributed by atoms with van der Waals surface area (Å²) >= 11 is 3.35. The molecule has 0 aliphatic carbocycles. The number of sulfonamides is 1. The van der Waals surface area contributed by atoms with Crippen molar-refractivity contribution >= 4 is 43.5 Å². The summed E-state index contributed by atoms with van der Waals surface area (Å²) in [5, 5.41) is 2.55. The Morgan fingerprint density at radius 3 is 2.23 bits per heavy atom. The summed E-state index contributed by atoms with van der Waals surface area (Å²) in [5.41, 5.74) is 2.28. The first-order chi connectivity index (χ1) is 14.0. The van der Waals surface area contributed by atoms with Crippen molar-refractivity contribution in [3.63, 3.8) is 0 Å². The average Bonchev–Trinajstić information content (AvgIpc) is 2.70. The van der Waals surface area contributed by atoms with Crippen molar-refractivity contribution in [3.8, 4) is 0 Å². The zero-order valence-corrected chi connectivity index (χ0v) is 19.8. The molecule has 30 heavy (non-hydrogen) atoms. The van der Waals surface area contributed by atoms with Crippen LogP contribution in [-0.2, 0) is 26.2 Å². The van der Waals surface area contributed by atoms with E-state index in [0.29, 0.717) is 10.2 Å². The second-order valence-electron chi connectivity index (χ2n) is 7.02. The zero-order valence-electron chi connectivity index (χ0n) is 17.4. The van der Waals surface area contributed by atoms with E-state index in [1.165, 1.54) is 11.9 Å². The van der Waals surface area contributed by atoms with Gasteiger partial charge in [0.2, 0.25) is 21.8 Å². The second-order valence-corrected chi connectivity index (χ2v) is 9.78. The predicted molar refractivity (Wildman–Crippen MR) is 122 cm³/mol. The van der Waals surface area contributed by atoms with E-state index < -0.39 is 28.5 Å². The molecule has 2 amide bonds. The Morgan fingerprint density at radius 1 is 1.10 bits per heavy atom. The molecular formula is C21H26BrN3O4S. The minimum atomic E-state index is -3.74. The summed E-state index contributed by atoms with van der Waals surface area (Å²) < 4.78 is 26.5. The Bertz CT molecular complexity index is 1010. The molecule has 0 fully saturated rings. The molecule has 0 aliphatic heterocycles. The monoisotopic (exact) mass is 495 g/mol. The van der Waals surface area contributed by atoms with Crippen LogP contribution in [0.2, 0.25) is 0 Å². The minimum Gasteiger partial charge on any atom is -0.357 e. The number of para-hydroxylation sites is 1. The molecular weight excluding hydrogens is 470 g/mol. The van der Waals surface area contributed by atoms with Gasteiger partial charge < -0.3 is 10.2 Å². The van der Waals surface area contributed by atoms with Gasteiger partial charge in [-0.1, -0.05) is 42.0 Å². The molecule has 9 heteroatoms. The van der Waals surface area contributed by atoms with Crippen LogP contribution in [0, 0.1) is 6.92 Å². The topological polar surface area (TPSA) is 86.8 Å². The molecule has 1 atom stereocenters. The van der Waals surface area contributed by atoms with E-state index in [1.807, 2.05) is 31.2 Å². The molecule has 0 aliphatic rings. The molecule has 0 saturated heterocycles. The summed E-state index contributed by atoms with van der Waals surface area (Å²) in [4.78, 5) is 26.9. The van der Waals surface area contributed by atoms with E-state index in [-0.39, 0.29) is 12.5 Å². The largest absolute Gasteiger partial charge is 0.357 e. The number of likely N-dealkylation sites (N-methyl/N-ethyl adjacent to an activating group) is 1. The highest BCUT2D eigenvalue weighted by Gasteiger charge is 2.30. The number of aryl methyl sites for hydroxylation is 1. The lowest BCUT2D eigenvalue weighted by atomic mass is 10.1. The van der Waals surface area contributed by atoms with E-state index in [4.69, 9.17) is 0 Å². The van der Waals surface area contributed by atoms with Gasteiger partial charge in [0.15, 0.2) is 0 Å². The van der Waals surface area contributed by atoms with Crippen LogP contribution >= 0.6 is 15.9 Å². The van der Waals surface area contributed by atoms with E-state index in [2.05, 4.69) is 21.2 Å². The number of amides is 2. The molecule has 0 saturated carbocycles. The number of halogens is 1. The zero-order chi connectivity index (χ0) is 22.5. The van der Waals surface area contributed by atoms with Gasteiger partial charge >= 0.3 is 0 Å². The van der Waals surface area contributed by atoms with Crippen LogP contribution in [0.5, 0.6) is 0 Å². The normalized spacial score (nSPS) is 12.2. The highest BCUT2D eigenvalue weighted by atomic mass is 79.9. The highest BCUT2D eigenvalue weighted by molar-refractivity contribution is 9.10. The van der Waals surface area contributed by atoms with Crippen LogP contribution < -0.4 is 9.62 Å². The van der Waals surface area contributed by atoms with Gasteiger partial charge in [-0.25, -0.2) is 8.42 Å². The van der Waals surface area contributed by atoms with Crippen LogP contribution in [0.15, 0.2) is 53.0 Å². The van der Waals surface area contributed by atoms with Crippen molar-refractivity contribution in [2.45, 2.75) is 26.4 Å². The van der Waals surface area contributed by atoms with Crippen molar-refractivity contribution in [3.05, 3.63) is 64.1 Å². The maximum atomic E-state index is 13.2. The molecule has 0 heterocycles. The summed E-state index contributed by atoms with van der Waals surface area (Å²) in [6.45, 7) is 3.34. The fourth-order valence-corrected chi connectivity index (χ4v) is 4.41. The lowest BCUT2D eigenvalue weighted by Crippen LogP contribution is -2.50. The van der Waals surface area contributed by atoms with E-state index in [1.54, 1.807) is 31.2 Å². The van der Waals surface area contributed by atoms with Crippen LogP contribution in [0.25, 0.3) is 0 Å². The molecule has 2 aromatic carbocycles. The maximum absolute atomic E-state index is 13.2. The minimum absolute atomic E-state index is 0.182. The Morgan fingerprint density at radius 2 is 1.70 bits per heavy atom. The molecule has 2 aromatic rings. The van der Waals surface area contributed by atoms with Crippen molar-refractivity contribution in [1.29, 1.82) is 0 Å². The summed E-state index contributed by atoms with van der Waals surface area (Å²) in [6, 6.07) is 13.6. The number of carbonyl (C=O) groups excluding carboxylic acids is 2. The van der Waals surface area contributed by atoms with Gasteiger partial charge in [-0.3, -0.25) is 13.9 Å². The number of hydrogen-bond donors (Lipinski definition) is 1. The van der Waals surface area contributed by atoms with E-state index in [9.17, 15) is 18.0 Å². The van der Waals surface area contributed by atoms with Crippen molar-refractivity contribution in [2.75, 3.05) is 24.2 Å². The number of rotatable bonds is 8. The standard InChI is InChI=1S/C21H26BrN3O4S/c1-15-9-11-17(12-10-15)13-24(16(2)21(27)23-3)20(26)14-25(30(4,28)29)19-8-6-5-7-18(19)22/h5-12,16H,13-14H2,1-4H3,(H,23,27)/t16-/m1/s1. The van der Waals surface area contributed by atoms with Gasteiger partial charge in [0.1, 0.15) is 12.6 Å². The Kier molecular flexibility index (Phi) is 8.03. The first kappa shape index (κ1) is 23.9. The second kappa shape index (κ2) is 10.1. The molecule has 0 unspecified atom stereocenters. The average molecular weight is 496 g/mol. The SMILES string of the molecule is CNC(=O)[C@@H](C)N(Cc1ccc(C)cc1)C(=O)CN(c1ccccc1Br)S(C)(=O)=O. The van der Waals surface area contributed by atoms with Crippen LogP contribution in [0.3, 0.4) is 0 Å². The van der Waals surface area contributed by atoms with Gasteiger partial charge in [0, 0.05) is 18.1 Å². The summed E-state index contributed by atoms with van der Waals surface area (Å²) in [5.74, 6) is -0.810. The van der Waals surface area contributed by atoms with Gasteiger partial charge in [0.25, 0.3) is 0 Å². The highest BCUT2D eigenvalue weighted by Crippen LogP contribution is 2.28. The number of benzene rings is 2. The van der Waals surface area contributed by atoms with Crippen molar-refractivity contribution in [2.24, 2.45) is 0 Å². The van der Waals surface area contributed by atoms with Crippen molar-refractivity contribution in [1.82, 2.24) is 10.2 Å². The smallest absolute Gasteiger partial charge is 0.244 e. The van der Waals surface area contributed by atoms with Gasteiger partial charge in [0.05, 0.1) is 11.9 Å². The first-order valence-corrected chi connectivity index (χ1v) is 12.0. The number of carbonyl (C=O) groups is 2. The Balaban J connectivity index is 2.38. The molecule has 7 nitrogen and oxygen atoms in total. The number of nitrogens with one attached hydrogen (secondary N) is 1. The Hall–Kier alpha value is -2.39. The van der Waals surface area contributed by atoms with Crippen molar-refractivity contribution < 1.29 is 18.0 Å². The van der Waals surface area contributed by atoms with E-state index in [0.717, 1.165) is 21.7 Å². The summed E-state index contributed by atoms with van der Waals surface area (Å²) in [7, 11) is -2.25. The van der Waals surface area contributed by atoms with Gasteiger partial charge in [-0.2, -0.15) is 0 Å². The lowest BCUT2D eigenvalue weighted by molar-refractivity contribution is -0.139. The van der Waals surface area contributed by atoms with E-state index >= 15 is 0 Å². The fourth-order valence-electron chi connectivity index (χ4n) is 2.93. The number of anilines is 1. The third kappa shape index (κ3) is 6.06. The third-order valence-electron chi connectivity index (χ3n) is 4.69. The Labute approximate surface area is 186 Å². The predicted octanol–water partition coefficient (Wildman–Crippen LogP) is 2.69. The molecule has 2 rings (SSSR count). The molecule has 0 bridgehead atoms. The summed E-state index contributed by atoms with van der Waals surface area (Å²) in [6.07, 6.45) is 1.05. The van der Waals surface area contributed by atoms with Crippen LogP contribution in [0.4, 0.5) is 5.69 Å². The van der Waals surface area contributed by atoms with Gasteiger partial charge in [-0.15, -0.1) is 0 Å². The molecule has 0 radical (unpaired) electrons.